The largest absolute Gasteiger partial charge is 0.347 e. The first-order valence-corrected chi connectivity index (χ1v) is 4.76. The van der Waals surface area contributed by atoms with Crippen LogP contribution >= 0.6 is 15.9 Å². The summed E-state index contributed by atoms with van der Waals surface area (Å²) < 4.78 is 13.4. The Morgan fingerprint density at radius 2 is 2.29 bits per heavy atom. The highest BCUT2D eigenvalue weighted by molar-refractivity contribution is 9.11. The summed E-state index contributed by atoms with van der Waals surface area (Å²) >= 11 is 3.11. The molecule has 0 heterocycles. The Bertz CT molecular complexity index is 365. The number of carbonyl (C=O) groups excluding carboxylic acids is 1. The van der Waals surface area contributed by atoms with Crippen LogP contribution in [0.2, 0.25) is 0 Å². The summed E-state index contributed by atoms with van der Waals surface area (Å²) in [7, 11) is 0. The van der Waals surface area contributed by atoms with Gasteiger partial charge >= 0.3 is 0 Å². The van der Waals surface area contributed by atoms with E-state index in [9.17, 15) is 9.18 Å². The van der Waals surface area contributed by atoms with Gasteiger partial charge in [0.15, 0.2) is 0 Å². The van der Waals surface area contributed by atoms with Crippen molar-refractivity contribution in [2.75, 3.05) is 6.54 Å². The third-order valence-electron chi connectivity index (χ3n) is 1.53. The van der Waals surface area contributed by atoms with Crippen molar-refractivity contribution < 1.29 is 9.18 Å². The number of nitrogens with one attached hydrogen (secondary N) is 1. The van der Waals surface area contributed by atoms with E-state index in [2.05, 4.69) is 27.8 Å². The average molecular weight is 258 g/mol. The summed E-state index contributed by atoms with van der Waals surface area (Å²) in [6, 6.07) is 5.52. The van der Waals surface area contributed by atoms with E-state index < -0.39 is 5.82 Å². The Kier molecular flexibility index (Phi) is 3.83. The molecule has 0 saturated heterocycles. The quantitative estimate of drug-likeness (QED) is 0.886. The molecule has 74 valence electrons. The highest BCUT2D eigenvalue weighted by Gasteiger charge is 2.05. The first-order chi connectivity index (χ1) is 6.59. The van der Waals surface area contributed by atoms with Gasteiger partial charge in [-0.1, -0.05) is 28.6 Å². The van der Waals surface area contributed by atoms with E-state index in [-0.39, 0.29) is 5.91 Å². The average Bonchev–Trinajstić information content (AvgIpc) is 2.14. The van der Waals surface area contributed by atoms with Crippen LogP contribution in [0.3, 0.4) is 0 Å². The molecule has 2 nitrogen and oxygen atoms in total. The third-order valence-corrected chi connectivity index (χ3v) is 1.81. The van der Waals surface area contributed by atoms with Crippen LogP contribution < -0.4 is 5.32 Å². The summed E-state index contributed by atoms with van der Waals surface area (Å²) in [5.41, 5.74) is 0.304. The predicted octanol–water partition coefficient (Wildman–Crippen LogP) is 2.46. The Balaban J connectivity index is 2.65. The predicted molar refractivity (Wildman–Crippen MR) is 56.8 cm³/mol. The molecule has 0 atom stereocenters. The van der Waals surface area contributed by atoms with E-state index in [1.807, 2.05) is 0 Å². The van der Waals surface area contributed by atoms with Gasteiger partial charge in [0.25, 0.3) is 5.91 Å². The van der Waals surface area contributed by atoms with Crippen LogP contribution in [-0.2, 0) is 0 Å². The fourth-order valence-electron chi connectivity index (χ4n) is 0.908. The summed E-state index contributed by atoms with van der Waals surface area (Å²) in [5, 5.41) is 2.57. The van der Waals surface area contributed by atoms with E-state index in [1.165, 1.54) is 18.2 Å². The van der Waals surface area contributed by atoms with Gasteiger partial charge in [-0.25, -0.2) is 4.39 Å². The summed E-state index contributed by atoms with van der Waals surface area (Å²) in [4.78, 5) is 11.4. The molecule has 1 aromatic rings. The lowest BCUT2D eigenvalue weighted by Gasteiger charge is -2.03. The normalized spacial score (nSPS) is 9.57. The van der Waals surface area contributed by atoms with Crippen LogP contribution in [0.25, 0.3) is 0 Å². The van der Waals surface area contributed by atoms with Gasteiger partial charge < -0.3 is 5.32 Å². The van der Waals surface area contributed by atoms with Crippen molar-refractivity contribution >= 4 is 21.8 Å². The van der Waals surface area contributed by atoms with Gasteiger partial charge in [-0.05, 0) is 18.2 Å². The lowest BCUT2D eigenvalue weighted by Crippen LogP contribution is -2.24. The molecule has 0 aliphatic carbocycles. The van der Waals surface area contributed by atoms with Crippen LogP contribution in [0.15, 0.2) is 35.3 Å². The lowest BCUT2D eigenvalue weighted by atomic mass is 10.2. The van der Waals surface area contributed by atoms with Gasteiger partial charge in [-0.3, -0.25) is 4.79 Å². The molecule has 1 amide bonds. The maximum Gasteiger partial charge on any atom is 0.251 e. The van der Waals surface area contributed by atoms with Crippen molar-refractivity contribution in [1.82, 2.24) is 5.32 Å². The molecular weight excluding hydrogens is 249 g/mol. The van der Waals surface area contributed by atoms with Gasteiger partial charge in [-0.15, -0.1) is 0 Å². The molecule has 0 aliphatic rings. The number of carbonyl (C=O) groups is 1. The zero-order valence-electron chi connectivity index (χ0n) is 7.39. The molecule has 4 heteroatoms. The number of rotatable bonds is 3. The first kappa shape index (κ1) is 10.9. The van der Waals surface area contributed by atoms with Crippen LogP contribution in [0.1, 0.15) is 10.4 Å². The van der Waals surface area contributed by atoms with E-state index in [0.29, 0.717) is 16.6 Å². The van der Waals surface area contributed by atoms with Crippen molar-refractivity contribution in [2.45, 2.75) is 0 Å². The molecule has 0 bridgehead atoms. The fraction of sp³-hybridized carbons (Fsp3) is 0.100. The minimum Gasteiger partial charge on any atom is -0.347 e. The molecule has 1 N–H and O–H groups in total. The van der Waals surface area contributed by atoms with Crippen molar-refractivity contribution in [3.63, 3.8) is 0 Å². The summed E-state index contributed by atoms with van der Waals surface area (Å²) in [6.45, 7) is 3.89. The zero-order valence-corrected chi connectivity index (χ0v) is 8.97. The van der Waals surface area contributed by atoms with Gasteiger partial charge in [0.05, 0.1) is 0 Å². The van der Waals surface area contributed by atoms with Crippen LogP contribution in [0.4, 0.5) is 4.39 Å². The Morgan fingerprint density at radius 1 is 1.57 bits per heavy atom. The molecule has 0 fully saturated rings. The first-order valence-electron chi connectivity index (χ1n) is 3.96. The van der Waals surface area contributed by atoms with E-state index in [1.54, 1.807) is 6.07 Å². The molecule has 0 spiro atoms. The topological polar surface area (TPSA) is 29.1 Å². The van der Waals surface area contributed by atoms with E-state index >= 15 is 0 Å². The molecule has 0 aliphatic heterocycles. The molecule has 1 rings (SSSR count). The second-order valence-corrected chi connectivity index (χ2v) is 3.83. The van der Waals surface area contributed by atoms with Gasteiger partial charge in [0.1, 0.15) is 5.82 Å². The highest BCUT2D eigenvalue weighted by Crippen LogP contribution is 2.04. The van der Waals surface area contributed by atoms with E-state index in [4.69, 9.17) is 0 Å². The molecule has 0 unspecified atom stereocenters. The number of amides is 1. The standard InChI is InChI=1S/C10H9BrFNO/c1-7(11)6-13-10(14)8-3-2-4-9(12)5-8/h2-5H,1,6H2,(H,13,14). The maximum absolute atomic E-state index is 12.7. The van der Waals surface area contributed by atoms with Crippen molar-refractivity contribution in [3.8, 4) is 0 Å². The molecular formula is C10H9BrFNO. The molecule has 14 heavy (non-hydrogen) atoms. The van der Waals surface area contributed by atoms with Crippen molar-refractivity contribution in [3.05, 3.63) is 46.7 Å². The monoisotopic (exact) mass is 257 g/mol. The Hall–Kier alpha value is -1.16. The van der Waals surface area contributed by atoms with Gasteiger partial charge in [0, 0.05) is 16.6 Å². The minimum atomic E-state index is -0.421. The number of halogens is 2. The molecule has 0 saturated carbocycles. The molecule has 0 radical (unpaired) electrons. The molecule has 1 aromatic carbocycles. The second kappa shape index (κ2) is 4.91. The van der Waals surface area contributed by atoms with E-state index in [0.717, 1.165) is 0 Å². The Morgan fingerprint density at radius 3 is 2.86 bits per heavy atom. The van der Waals surface area contributed by atoms with Gasteiger partial charge in [-0.2, -0.15) is 0 Å². The van der Waals surface area contributed by atoms with Crippen LogP contribution in [0, 0.1) is 5.82 Å². The smallest absolute Gasteiger partial charge is 0.251 e. The second-order valence-electron chi connectivity index (χ2n) is 2.71. The highest BCUT2D eigenvalue weighted by atomic mass is 79.9. The van der Waals surface area contributed by atoms with Crippen molar-refractivity contribution in [2.24, 2.45) is 0 Å². The minimum absolute atomic E-state index is 0.304. The van der Waals surface area contributed by atoms with Crippen LogP contribution in [-0.4, -0.2) is 12.5 Å². The van der Waals surface area contributed by atoms with Crippen LogP contribution in [0.5, 0.6) is 0 Å². The zero-order chi connectivity index (χ0) is 10.6. The Labute approximate surface area is 89.9 Å². The number of hydrogen-bond acceptors (Lipinski definition) is 1. The van der Waals surface area contributed by atoms with Crippen molar-refractivity contribution in [1.29, 1.82) is 0 Å². The molecule has 0 aromatic heterocycles. The number of hydrogen-bond donors (Lipinski definition) is 1. The number of benzene rings is 1. The third kappa shape index (κ3) is 3.30. The maximum atomic E-state index is 12.7. The summed E-state index contributed by atoms with van der Waals surface area (Å²) in [6.07, 6.45) is 0. The summed E-state index contributed by atoms with van der Waals surface area (Å²) in [5.74, 6) is -0.736. The lowest BCUT2D eigenvalue weighted by molar-refractivity contribution is 0.0957. The van der Waals surface area contributed by atoms with Gasteiger partial charge in [0.2, 0.25) is 0 Å². The SMILES string of the molecule is C=C(Br)CNC(=O)c1cccc(F)c1. The fourth-order valence-corrected chi connectivity index (χ4v) is 1.05.